The number of hydrogen-bond acceptors (Lipinski definition) is 3. The quantitative estimate of drug-likeness (QED) is 0.552. The van der Waals surface area contributed by atoms with E-state index in [1.807, 2.05) is 48.7 Å². The molecule has 4 rings (SSSR count). The molecule has 0 spiro atoms. The summed E-state index contributed by atoms with van der Waals surface area (Å²) < 4.78 is 5.19. The number of nitrogens with zero attached hydrogens (tertiary/aromatic N) is 2. The van der Waals surface area contributed by atoms with E-state index >= 15 is 0 Å². The summed E-state index contributed by atoms with van der Waals surface area (Å²) in [4.78, 5) is 9.36. The van der Waals surface area contributed by atoms with Crippen LogP contribution in [0.3, 0.4) is 0 Å². The van der Waals surface area contributed by atoms with Crippen LogP contribution in [0.1, 0.15) is 11.1 Å². The zero-order valence-electron chi connectivity index (χ0n) is 12.2. The van der Waals surface area contributed by atoms with Crippen LogP contribution in [0.4, 0.5) is 5.69 Å². The van der Waals surface area contributed by atoms with Crippen molar-refractivity contribution >= 4 is 11.4 Å². The molecule has 1 aromatic heterocycles. The Kier molecular flexibility index (Phi) is 2.97. The van der Waals surface area contributed by atoms with Gasteiger partial charge in [0.1, 0.15) is 5.75 Å². The third kappa shape index (κ3) is 1.99. The molecule has 0 aliphatic heterocycles. The molecule has 0 bridgehead atoms. The molecule has 1 aliphatic carbocycles. The van der Waals surface area contributed by atoms with Crippen molar-refractivity contribution in [1.29, 1.82) is 0 Å². The van der Waals surface area contributed by atoms with E-state index in [4.69, 9.17) is 9.73 Å². The van der Waals surface area contributed by atoms with Crippen molar-refractivity contribution < 1.29 is 4.74 Å². The average molecular weight is 286 g/mol. The first-order valence-electron chi connectivity index (χ1n) is 7.15. The highest BCUT2D eigenvalue weighted by atomic mass is 16.5. The third-order valence-corrected chi connectivity index (χ3v) is 3.81. The van der Waals surface area contributed by atoms with Crippen molar-refractivity contribution in [2.24, 2.45) is 4.99 Å². The standard InChI is InChI=1S/C19H14N2O/c1-22-14-10-8-13(9-11-14)21-19-16-6-3-2-5-15(16)18-17(19)7-4-12-20-18/h2-12H,1H3. The number of hydrogen-bond donors (Lipinski definition) is 0. The lowest BCUT2D eigenvalue weighted by atomic mass is 10.1. The van der Waals surface area contributed by atoms with Crippen LogP contribution in [0.5, 0.6) is 5.75 Å². The molecule has 22 heavy (non-hydrogen) atoms. The van der Waals surface area contributed by atoms with Crippen LogP contribution in [0.25, 0.3) is 11.3 Å². The lowest BCUT2D eigenvalue weighted by Crippen LogP contribution is -1.97. The lowest BCUT2D eigenvalue weighted by molar-refractivity contribution is 0.415. The van der Waals surface area contributed by atoms with Gasteiger partial charge in [-0.1, -0.05) is 24.3 Å². The molecule has 0 atom stereocenters. The Morgan fingerprint density at radius 2 is 1.55 bits per heavy atom. The Morgan fingerprint density at radius 1 is 0.818 bits per heavy atom. The third-order valence-electron chi connectivity index (χ3n) is 3.81. The molecule has 1 aliphatic rings. The fourth-order valence-electron chi connectivity index (χ4n) is 2.76. The molecule has 0 radical (unpaired) electrons. The molecule has 3 heteroatoms. The fourth-order valence-corrected chi connectivity index (χ4v) is 2.76. The topological polar surface area (TPSA) is 34.5 Å². The minimum atomic E-state index is 0.831. The number of aromatic nitrogens is 1. The van der Waals surface area contributed by atoms with E-state index in [-0.39, 0.29) is 0 Å². The number of ether oxygens (including phenoxy) is 1. The second kappa shape index (κ2) is 5.11. The van der Waals surface area contributed by atoms with E-state index in [1.54, 1.807) is 7.11 Å². The molecule has 3 nitrogen and oxygen atoms in total. The minimum Gasteiger partial charge on any atom is -0.497 e. The normalized spacial score (nSPS) is 13.8. The van der Waals surface area contributed by atoms with E-state index in [0.717, 1.165) is 39.5 Å². The Hall–Kier alpha value is -2.94. The van der Waals surface area contributed by atoms with Gasteiger partial charge in [0.25, 0.3) is 0 Å². The fraction of sp³-hybridized carbons (Fsp3) is 0.0526. The average Bonchev–Trinajstić information content (AvgIpc) is 2.90. The number of pyridine rings is 1. The Morgan fingerprint density at radius 3 is 2.32 bits per heavy atom. The molecule has 0 amide bonds. The highest BCUT2D eigenvalue weighted by Gasteiger charge is 2.25. The molecule has 106 valence electrons. The maximum atomic E-state index is 5.19. The van der Waals surface area contributed by atoms with Crippen LogP contribution < -0.4 is 4.74 Å². The summed E-state index contributed by atoms with van der Waals surface area (Å²) in [6, 6.07) is 20.1. The van der Waals surface area contributed by atoms with Gasteiger partial charge in [0.15, 0.2) is 0 Å². The molecule has 0 unspecified atom stereocenters. The van der Waals surface area contributed by atoms with E-state index in [2.05, 4.69) is 23.2 Å². The van der Waals surface area contributed by atoms with Crippen molar-refractivity contribution in [3.8, 4) is 17.0 Å². The van der Waals surface area contributed by atoms with Gasteiger partial charge in [-0.15, -0.1) is 0 Å². The van der Waals surface area contributed by atoms with E-state index in [0.29, 0.717) is 0 Å². The number of fused-ring (bicyclic) bond motifs is 3. The predicted octanol–water partition coefficient (Wildman–Crippen LogP) is 4.24. The Balaban J connectivity index is 1.88. The monoisotopic (exact) mass is 286 g/mol. The minimum absolute atomic E-state index is 0.831. The molecule has 0 N–H and O–H groups in total. The first-order valence-corrected chi connectivity index (χ1v) is 7.15. The van der Waals surface area contributed by atoms with Crippen LogP contribution in [0.2, 0.25) is 0 Å². The highest BCUT2D eigenvalue weighted by molar-refractivity contribution is 6.24. The molecule has 0 saturated heterocycles. The Bertz CT molecular complexity index is 819. The van der Waals surface area contributed by atoms with Crippen LogP contribution in [-0.4, -0.2) is 17.8 Å². The maximum absolute atomic E-state index is 5.19. The van der Waals surface area contributed by atoms with Crippen molar-refractivity contribution in [2.75, 3.05) is 7.11 Å². The molecule has 0 saturated carbocycles. The molecule has 3 aromatic rings. The number of rotatable bonds is 2. The molecule has 2 aromatic carbocycles. The van der Waals surface area contributed by atoms with Gasteiger partial charge < -0.3 is 4.74 Å². The molecular weight excluding hydrogens is 272 g/mol. The molecule has 0 fully saturated rings. The van der Waals surface area contributed by atoms with Gasteiger partial charge in [-0.25, -0.2) is 4.99 Å². The zero-order valence-corrected chi connectivity index (χ0v) is 12.2. The van der Waals surface area contributed by atoms with Gasteiger partial charge in [-0.05, 0) is 36.4 Å². The maximum Gasteiger partial charge on any atom is 0.119 e. The van der Waals surface area contributed by atoms with Gasteiger partial charge in [0, 0.05) is 22.9 Å². The summed E-state index contributed by atoms with van der Waals surface area (Å²) in [7, 11) is 1.66. The largest absolute Gasteiger partial charge is 0.497 e. The van der Waals surface area contributed by atoms with Gasteiger partial charge in [-0.2, -0.15) is 0 Å². The first-order chi connectivity index (χ1) is 10.9. The van der Waals surface area contributed by atoms with Crippen molar-refractivity contribution in [2.45, 2.75) is 0 Å². The predicted molar refractivity (Wildman–Crippen MR) is 88.0 cm³/mol. The SMILES string of the molecule is COc1ccc(N=C2c3ccccc3-c3ncccc32)cc1. The summed E-state index contributed by atoms with van der Waals surface area (Å²) in [5, 5.41) is 0. The van der Waals surface area contributed by atoms with Crippen LogP contribution in [0.15, 0.2) is 71.9 Å². The van der Waals surface area contributed by atoms with Crippen molar-refractivity contribution in [3.63, 3.8) is 0 Å². The second-order valence-electron chi connectivity index (χ2n) is 5.10. The second-order valence-corrected chi connectivity index (χ2v) is 5.10. The summed E-state index contributed by atoms with van der Waals surface area (Å²) in [5.74, 6) is 0.831. The lowest BCUT2D eigenvalue weighted by Gasteiger charge is -2.03. The molecule has 1 heterocycles. The Labute approximate surface area is 128 Å². The van der Waals surface area contributed by atoms with E-state index < -0.39 is 0 Å². The summed E-state index contributed by atoms with van der Waals surface area (Å²) in [6.45, 7) is 0. The van der Waals surface area contributed by atoms with E-state index in [1.165, 1.54) is 0 Å². The smallest absolute Gasteiger partial charge is 0.119 e. The van der Waals surface area contributed by atoms with E-state index in [9.17, 15) is 0 Å². The van der Waals surface area contributed by atoms with Crippen molar-refractivity contribution in [3.05, 3.63) is 78.0 Å². The molecular formula is C19H14N2O. The van der Waals surface area contributed by atoms with Crippen LogP contribution in [0, 0.1) is 0 Å². The zero-order chi connectivity index (χ0) is 14.9. The van der Waals surface area contributed by atoms with Crippen molar-refractivity contribution in [1.82, 2.24) is 4.98 Å². The van der Waals surface area contributed by atoms with Crippen LogP contribution >= 0.6 is 0 Å². The van der Waals surface area contributed by atoms with Crippen LogP contribution in [-0.2, 0) is 0 Å². The van der Waals surface area contributed by atoms with Gasteiger partial charge in [-0.3, -0.25) is 4.98 Å². The number of methoxy groups -OCH3 is 1. The van der Waals surface area contributed by atoms with Gasteiger partial charge in [0.2, 0.25) is 0 Å². The first kappa shape index (κ1) is 12.8. The van der Waals surface area contributed by atoms with Gasteiger partial charge in [0.05, 0.1) is 24.2 Å². The summed E-state index contributed by atoms with van der Waals surface area (Å²) in [6.07, 6.45) is 1.83. The number of benzene rings is 2. The number of aliphatic imine (C=N–C) groups is 1. The van der Waals surface area contributed by atoms with Gasteiger partial charge >= 0.3 is 0 Å². The highest BCUT2D eigenvalue weighted by Crippen LogP contribution is 2.36. The summed E-state index contributed by atoms with van der Waals surface area (Å²) in [5.41, 5.74) is 6.24. The summed E-state index contributed by atoms with van der Waals surface area (Å²) >= 11 is 0.